The van der Waals surface area contributed by atoms with Crippen molar-refractivity contribution >= 4 is 5.97 Å². The largest absolute Gasteiger partial charge is 0.431 e. The fourth-order valence-corrected chi connectivity index (χ4v) is 1.48. The van der Waals surface area contributed by atoms with Crippen molar-refractivity contribution in [2.45, 2.75) is 32.6 Å². The minimum atomic E-state index is -0.328. The van der Waals surface area contributed by atoms with E-state index < -0.39 is 0 Å². The molecule has 1 aromatic rings. The summed E-state index contributed by atoms with van der Waals surface area (Å²) in [5.41, 5.74) is 0.564. The molecule has 0 aromatic heterocycles. The Bertz CT molecular complexity index is 391. The summed E-state index contributed by atoms with van der Waals surface area (Å²) in [6.45, 7) is 2.19. The molecule has 96 valence electrons. The second kappa shape index (κ2) is 9.23. The van der Waals surface area contributed by atoms with Gasteiger partial charge in [-0.15, -0.1) is 0 Å². The van der Waals surface area contributed by atoms with Gasteiger partial charge >= 0.3 is 5.97 Å². The Balaban J connectivity index is 2.22. The molecule has 2 nitrogen and oxygen atoms in total. The maximum Gasteiger partial charge on any atom is 0.342 e. The summed E-state index contributed by atoms with van der Waals surface area (Å²) >= 11 is 0. The topological polar surface area (TPSA) is 26.3 Å². The standard InChI is InChI=1S/C16H20O2/c1-2-3-4-5-6-7-11-14-18-16(17)15-12-9-8-10-13-15/h6-14H,2-5H2,1H3/b7-6-,14-11-. The molecule has 18 heavy (non-hydrogen) atoms. The van der Waals surface area contributed by atoms with Gasteiger partial charge in [-0.1, -0.05) is 50.1 Å². The maximum atomic E-state index is 11.5. The van der Waals surface area contributed by atoms with Crippen LogP contribution in [0.2, 0.25) is 0 Å². The molecule has 0 saturated carbocycles. The van der Waals surface area contributed by atoms with Gasteiger partial charge in [0.05, 0.1) is 11.8 Å². The van der Waals surface area contributed by atoms with Crippen molar-refractivity contribution in [3.8, 4) is 0 Å². The molecule has 0 N–H and O–H groups in total. The van der Waals surface area contributed by atoms with Crippen molar-refractivity contribution < 1.29 is 9.53 Å². The summed E-state index contributed by atoms with van der Waals surface area (Å²) in [6.07, 6.45) is 11.9. The van der Waals surface area contributed by atoms with Crippen LogP contribution in [-0.2, 0) is 4.74 Å². The SMILES string of the molecule is CCCCC/C=C\C=C/OC(=O)c1ccccc1. The summed E-state index contributed by atoms with van der Waals surface area (Å²) in [6, 6.07) is 8.96. The summed E-state index contributed by atoms with van der Waals surface area (Å²) in [4.78, 5) is 11.5. The third kappa shape index (κ3) is 6.04. The third-order valence-corrected chi connectivity index (χ3v) is 2.48. The van der Waals surface area contributed by atoms with E-state index in [1.54, 1.807) is 18.2 Å². The predicted octanol–water partition coefficient (Wildman–Crippen LogP) is 4.49. The molecule has 2 heteroatoms. The van der Waals surface area contributed by atoms with E-state index in [2.05, 4.69) is 13.0 Å². The number of hydrogen-bond donors (Lipinski definition) is 0. The van der Waals surface area contributed by atoms with Gasteiger partial charge in [0.15, 0.2) is 0 Å². The molecule has 0 aliphatic rings. The molecular formula is C16H20O2. The molecule has 0 saturated heterocycles. The summed E-state index contributed by atoms with van der Waals surface area (Å²) in [5.74, 6) is -0.328. The number of hydrogen-bond acceptors (Lipinski definition) is 2. The number of benzene rings is 1. The quantitative estimate of drug-likeness (QED) is 0.305. The van der Waals surface area contributed by atoms with Crippen LogP contribution in [0.4, 0.5) is 0 Å². The normalized spacial score (nSPS) is 11.2. The van der Waals surface area contributed by atoms with Crippen molar-refractivity contribution in [3.63, 3.8) is 0 Å². The molecule has 0 heterocycles. The molecule has 0 aliphatic carbocycles. The molecule has 0 aliphatic heterocycles. The lowest BCUT2D eigenvalue weighted by atomic mass is 10.2. The van der Waals surface area contributed by atoms with Crippen LogP contribution in [-0.4, -0.2) is 5.97 Å². The number of carbonyl (C=O) groups is 1. The first-order valence-electron chi connectivity index (χ1n) is 6.42. The van der Waals surface area contributed by atoms with Gasteiger partial charge in [0.1, 0.15) is 0 Å². The van der Waals surface area contributed by atoms with E-state index in [-0.39, 0.29) is 5.97 Å². The smallest absolute Gasteiger partial charge is 0.342 e. The Morgan fingerprint density at radius 2 is 1.94 bits per heavy atom. The second-order valence-electron chi connectivity index (χ2n) is 4.02. The van der Waals surface area contributed by atoms with Crippen LogP contribution in [0.25, 0.3) is 0 Å². The number of carbonyl (C=O) groups excluding carboxylic acids is 1. The molecule has 1 rings (SSSR count). The van der Waals surface area contributed by atoms with E-state index in [4.69, 9.17) is 4.74 Å². The maximum absolute atomic E-state index is 11.5. The Morgan fingerprint density at radius 1 is 1.17 bits per heavy atom. The van der Waals surface area contributed by atoms with Gasteiger partial charge in [-0.2, -0.15) is 0 Å². The van der Waals surface area contributed by atoms with Crippen LogP contribution in [0.3, 0.4) is 0 Å². The van der Waals surface area contributed by atoms with Crippen LogP contribution in [0, 0.1) is 0 Å². The Labute approximate surface area is 109 Å². The monoisotopic (exact) mass is 244 g/mol. The van der Waals surface area contributed by atoms with Crippen LogP contribution in [0.1, 0.15) is 43.0 Å². The fourth-order valence-electron chi connectivity index (χ4n) is 1.48. The Kier molecular flexibility index (Phi) is 7.29. The van der Waals surface area contributed by atoms with Gasteiger partial charge in [0.25, 0.3) is 0 Å². The van der Waals surface area contributed by atoms with Crippen molar-refractivity contribution in [2.75, 3.05) is 0 Å². The lowest BCUT2D eigenvalue weighted by Crippen LogP contribution is -1.99. The van der Waals surface area contributed by atoms with Gasteiger partial charge < -0.3 is 4.74 Å². The van der Waals surface area contributed by atoms with Crippen LogP contribution < -0.4 is 0 Å². The predicted molar refractivity (Wildman–Crippen MR) is 74.3 cm³/mol. The van der Waals surface area contributed by atoms with Crippen LogP contribution in [0.15, 0.2) is 54.8 Å². The number of esters is 1. The van der Waals surface area contributed by atoms with Gasteiger partial charge in [0, 0.05) is 0 Å². The van der Waals surface area contributed by atoms with Gasteiger partial charge in [0.2, 0.25) is 0 Å². The van der Waals surface area contributed by atoms with E-state index in [0.717, 1.165) is 6.42 Å². The van der Waals surface area contributed by atoms with E-state index in [1.165, 1.54) is 25.5 Å². The van der Waals surface area contributed by atoms with E-state index in [1.807, 2.05) is 24.3 Å². The van der Waals surface area contributed by atoms with Gasteiger partial charge in [-0.05, 0) is 31.1 Å². The zero-order valence-electron chi connectivity index (χ0n) is 10.8. The second-order valence-corrected chi connectivity index (χ2v) is 4.02. The van der Waals surface area contributed by atoms with Gasteiger partial charge in [-0.25, -0.2) is 4.79 Å². The molecule has 0 spiro atoms. The number of rotatable bonds is 7. The molecule has 0 fully saturated rings. The summed E-state index contributed by atoms with van der Waals surface area (Å²) in [7, 11) is 0. The molecular weight excluding hydrogens is 224 g/mol. The van der Waals surface area contributed by atoms with E-state index in [0.29, 0.717) is 5.56 Å². The highest BCUT2D eigenvalue weighted by Crippen LogP contribution is 2.02. The van der Waals surface area contributed by atoms with Gasteiger partial charge in [-0.3, -0.25) is 0 Å². The summed E-state index contributed by atoms with van der Waals surface area (Å²) < 4.78 is 4.99. The van der Waals surface area contributed by atoms with E-state index >= 15 is 0 Å². The number of ether oxygens (including phenoxy) is 1. The molecule has 0 atom stereocenters. The number of unbranched alkanes of at least 4 members (excludes halogenated alkanes) is 3. The minimum absolute atomic E-state index is 0.328. The lowest BCUT2D eigenvalue weighted by molar-refractivity contribution is 0.0663. The van der Waals surface area contributed by atoms with Crippen molar-refractivity contribution in [1.82, 2.24) is 0 Å². The number of allylic oxidation sites excluding steroid dienone is 3. The highest BCUT2D eigenvalue weighted by Gasteiger charge is 2.02. The highest BCUT2D eigenvalue weighted by atomic mass is 16.5. The summed E-state index contributed by atoms with van der Waals surface area (Å²) in [5, 5.41) is 0. The lowest BCUT2D eigenvalue weighted by Gasteiger charge is -1.97. The first-order valence-corrected chi connectivity index (χ1v) is 6.42. The van der Waals surface area contributed by atoms with Crippen molar-refractivity contribution in [3.05, 3.63) is 60.4 Å². The highest BCUT2D eigenvalue weighted by molar-refractivity contribution is 5.89. The molecule has 1 aromatic carbocycles. The fraction of sp³-hybridized carbons (Fsp3) is 0.312. The zero-order chi connectivity index (χ0) is 13.1. The molecule has 0 radical (unpaired) electrons. The van der Waals surface area contributed by atoms with E-state index in [9.17, 15) is 4.79 Å². The molecule has 0 amide bonds. The van der Waals surface area contributed by atoms with Crippen molar-refractivity contribution in [2.24, 2.45) is 0 Å². The minimum Gasteiger partial charge on any atom is -0.431 e. The first-order chi connectivity index (χ1) is 8.84. The van der Waals surface area contributed by atoms with Crippen molar-refractivity contribution in [1.29, 1.82) is 0 Å². The Hall–Kier alpha value is -1.83. The molecule has 0 unspecified atom stereocenters. The van der Waals surface area contributed by atoms with Crippen LogP contribution >= 0.6 is 0 Å². The zero-order valence-corrected chi connectivity index (χ0v) is 10.8. The van der Waals surface area contributed by atoms with Crippen LogP contribution in [0.5, 0.6) is 0 Å². The average molecular weight is 244 g/mol. The first kappa shape index (κ1) is 14.2. The Morgan fingerprint density at radius 3 is 2.67 bits per heavy atom. The molecule has 0 bridgehead atoms. The third-order valence-electron chi connectivity index (χ3n) is 2.48. The average Bonchev–Trinajstić information content (AvgIpc) is 2.42.